The predicted octanol–water partition coefficient (Wildman–Crippen LogP) is 2.73. The van der Waals surface area contributed by atoms with E-state index in [0.29, 0.717) is 26.1 Å². The molecule has 2 fully saturated rings. The van der Waals surface area contributed by atoms with Gasteiger partial charge in [-0.05, 0) is 43.6 Å². The number of rotatable bonds is 2. The number of aliphatic hydroxyl groups is 1. The Morgan fingerprint density at radius 3 is 2.47 bits per heavy atom. The van der Waals surface area contributed by atoms with Gasteiger partial charge in [-0.25, -0.2) is 4.39 Å². The Morgan fingerprint density at radius 2 is 1.89 bits per heavy atom. The molecule has 0 aromatic heterocycles. The lowest BCUT2D eigenvalue weighted by Crippen LogP contribution is -2.35. The Hall–Kier alpha value is -0.450. The van der Waals surface area contributed by atoms with Crippen molar-refractivity contribution < 1.29 is 19.0 Å². The fraction of sp³-hybridized carbons (Fsp3) is 0.867. The minimum absolute atomic E-state index is 0.234. The van der Waals surface area contributed by atoms with Gasteiger partial charge in [0.2, 0.25) is 0 Å². The van der Waals surface area contributed by atoms with Gasteiger partial charge < -0.3 is 14.6 Å². The highest BCUT2D eigenvalue weighted by Gasteiger charge is 2.39. The number of aliphatic hydroxyl groups excluding tert-OH is 1. The normalized spacial score (nSPS) is 36.2. The Balaban J connectivity index is 1.58. The van der Waals surface area contributed by atoms with E-state index in [4.69, 9.17) is 9.47 Å². The molecule has 1 saturated heterocycles. The summed E-state index contributed by atoms with van der Waals surface area (Å²) in [6, 6.07) is 0. The molecular formula is C15H23FO3. The zero-order valence-corrected chi connectivity index (χ0v) is 11.3. The zero-order valence-electron chi connectivity index (χ0n) is 11.3. The molecule has 108 valence electrons. The van der Waals surface area contributed by atoms with Crippen molar-refractivity contribution >= 4 is 0 Å². The van der Waals surface area contributed by atoms with Crippen molar-refractivity contribution in [2.45, 2.75) is 63.0 Å². The molecule has 0 amide bonds. The third-order valence-corrected chi connectivity index (χ3v) is 4.81. The fourth-order valence-electron chi connectivity index (χ4n) is 3.55. The van der Waals surface area contributed by atoms with E-state index in [1.165, 1.54) is 0 Å². The van der Waals surface area contributed by atoms with E-state index in [0.717, 1.165) is 37.7 Å². The topological polar surface area (TPSA) is 38.7 Å². The molecule has 3 aliphatic rings. The largest absolute Gasteiger partial charge is 0.388 e. The van der Waals surface area contributed by atoms with E-state index in [-0.39, 0.29) is 5.92 Å². The van der Waals surface area contributed by atoms with Gasteiger partial charge >= 0.3 is 0 Å². The van der Waals surface area contributed by atoms with Gasteiger partial charge in [0.15, 0.2) is 5.79 Å². The molecule has 1 heterocycles. The van der Waals surface area contributed by atoms with Crippen LogP contribution in [0.4, 0.5) is 4.39 Å². The van der Waals surface area contributed by atoms with E-state index in [9.17, 15) is 9.50 Å². The SMILES string of the molecule is OC(C1=CCC2(CC1)OCCO2)C1CCC(F)CC1. The Kier molecular flexibility index (Phi) is 3.92. The van der Waals surface area contributed by atoms with E-state index in [2.05, 4.69) is 6.08 Å². The number of halogens is 1. The van der Waals surface area contributed by atoms with Crippen LogP contribution in [0, 0.1) is 5.92 Å². The molecule has 3 nitrogen and oxygen atoms in total. The molecule has 1 atom stereocenters. The third kappa shape index (κ3) is 2.86. The van der Waals surface area contributed by atoms with E-state index >= 15 is 0 Å². The minimum Gasteiger partial charge on any atom is -0.388 e. The highest BCUT2D eigenvalue weighted by Crippen LogP contribution is 2.39. The summed E-state index contributed by atoms with van der Waals surface area (Å²) in [5.41, 5.74) is 1.10. The molecule has 1 aliphatic heterocycles. The average molecular weight is 270 g/mol. The van der Waals surface area contributed by atoms with Crippen molar-refractivity contribution in [1.29, 1.82) is 0 Å². The molecule has 4 heteroatoms. The smallest absolute Gasteiger partial charge is 0.172 e. The van der Waals surface area contributed by atoms with Crippen LogP contribution in [0.15, 0.2) is 11.6 Å². The van der Waals surface area contributed by atoms with Gasteiger partial charge in [0, 0.05) is 12.8 Å². The number of hydrogen-bond donors (Lipinski definition) is 1. The number of alkyl halides is 1. The predicted molar refractivity (Wildman–Crippen MR) is 69.4 cm³/mol. The summed E-state index contributed by atoms with van der Waals surface area (Å²) < 4.78 is 24.5. The van der Waals surface area contributed by atoms with E-state index < -0.39 is 18.1 Å². The first-order valence-corrected chi connectivity index (χ1v) is 7.47. The molecule has 0 aromatic carbocycles. The summed E-state index contributed by atoms with van der Waals surface area (Å²) >= 11 is 0. The molecule has 19 heavy (non-hydrogen) atoms. The van der Waals surface area contributed by atoms with Crippen LogP contribution in [-0.2, 0) is 9.47 Å². The highest BCUT2D eigenvalue weighted by atomic mass is 19.1. The average Bonchev–Trinajstić information content (AvgIpc) is 2.88. The maximum atomic E-state index is 13.1. The summed E-state index contributed by atoms with van der Waals surface area (Å²) in [5.74, 6) is -0.183. The van der Waals surface area contributed by atoms with Crippen LogP contribution in [0.2, 0.25) is 0 Å². The van der Waals surface area contributed by atoms with Crippen LogP contribution < -0.4 is 0 Å². The van der Waals surface area contributed by atoms with Crippen LogP contribution in [0.1, 0.15) is 44.9 Å². The van der Waals surface area contributed by atoms with Crippen molar-refractivity contribution in [1.82, 2.24) is 0 Å². The van der Waals surface area contributed by atoms with Crippen LogP contribution >= 0.6 is 0 Å². The zero-order chi connectivity index (χ0) is 13.3. The van der Waals surface area contributed by atoms with Crippen molar-refractivity contribution in [2.24, 2.45) is 5.92 Å². The summed E-state index contributed by atoms with van der Waals surface area (Å²) in [5, 5.41) is 10.4. The molecule has 1 unspecified atom stereocenters. The molecular weight excluding hydrogens is 247 g/mol. The van der Waals surface area contributed by atoms with Crippen molar-refractivity contribution in [2.75, 3.05) is 13.2 Å². The Morgan fingerprint density at radius 1 is 1.21 bits per heavy atom. The molecule has 0 aromatic rings. The van der Waals surface area contributed by atoms with Crippen LogP contribution in [-0.4, -0.2) is 36.4 Å². The maximum absolute atomic E-state index is 13.1. The van der Waals surface area contributed by atoms with Gasteiger partial charge in [-0.15, -0.1) is 0 Å². The van der Waals surface area contributed by atoms with Crippen LogP contribution in [0.5, 0.6) is 0 Å². The lowest BCUT2D eigenvalue weighted by Gasteiger charge is -2.35. The van der Waals surface area contributed by atoms with Crippen molar-refractivity contribution in [3.8, 4) is 0 Å². The first-order chi connectivity index (χ1) is 9.19. The molecule has 1 spiro atoms. The summed E-state index contributed by atoms with van der Waals surface area (Å²) in [7, 11) is 0. The van der Waals surface area contributed by atoms with Gasteiger partial charge in [0.25, 0.3) is 0 Å². The van der Waals surface area contributed by atoms with E-state index in [1.54, 1.807) is 0 Å². The summed E-state index contributed by atoms with van der Waals surface area (Å²) in [6.07, 6.45) is 6.23. The second-order valence-corrected chi connectivity index (χ2v) is 6.05. The monoisotopic (exact) mass is 270 g/mol. The van der Waals surface area contributed by atoms with Crippen LogP contribution in [0.25, 0.3) is 0 Å². The summed E-state index contributed by atoms with van der Waals surface area (Å²) in [4.78, 5) is 0. The first kappa shape index (κ1) is 13.5. The Bertz CT molecular complexity index is 341. The maximum Gasteiger partial charge on any atom is 0.172 e. The molecule has 3 rings (SSSR count). The first-order valence-electron chi connectivity index (χ1n) is 7.47. The molecule has 1 N–H and O–H groups in total. The molecule has 0 bridgehead atoms. The van der Waals surface area contributed by atoms with Gasteiger partial charge in [0.1, 0.15) is 6.17 Å². The third-order valence-electron chi connectivity index (χ3n) is 4.81. The van der Waals surface area contributed by atoms with Crippen molar-refractivity contribution in [3.05, 3.63) is 11.6 Å². The van der Waals surface area contributed by atoms with Gasteiger partial charge in [-0.1, -0.05) is 6.08 Å². The van der Waals surface area contributed by atoms with Gasteiger partial charge in [0.05, 0.1) is 19.3 Å². The second kappa shape index (κ2) is 5.51. The lowest BCUT2D eigenvalue weighted by atomic mass is 9.79. The molecule has 2 aliphatic carbocycles. The number of hydrogen-bond acceptors (Lipinski definition) is 3. The van der Waals surface area contributed by atoms with Gasteiger partial charge in [-0.2, -0.15) is 0 Å². The Labute approximate surface area is 113 Å². The van der Waals surface area contributed by atoms with Crippen molar-refractivity contribution in [3.63, 3.8) is 0 Å². The highest BCUT2D eigenvalue weighted by molar-refractivity contribution is 5.15. The van der Waals surface area contributed by atoms with Gasteiger partial charge in [-0.3, -0.25) is 0 Å². The lowest BCUT2D eigenvalue weighted by molar-refractivity contribution is -0.162. The molecule has 1 saturated carbocycles. The second-order valence-electron chi connectivity index (χ2n) is 6.05. The van der Waals surface area contributed by atoms with Crippen LogP contribution in [0.3, 0.4) is 0 Å². The summed E-state index contributed by atoms with van der Waals surface area (Å²) in [6.45, 7) is 1.35. The fourth-order valence-corrected chi connectivity index (χ4v) is 3.55. The quantitative estimate of drug-likeness (QED) is 0.784. The standard InChI is InChI=1S/C15H23FO3/c16-13-3-1-11(2-4-13)14(17)12-5-7-15(8-6-12)18-9-10-19-15/h5,11,13-14,17H,1-4,6-10H2. The minimum atomic E-state index is -0.660. The molecule has 0 radical (unpaired) electrons. The van der Waals surface area contributed by atoms with E-state index in [1.807, 2.05) is 0 Å². The number of ether oxygens (including phenoxy) is 2.